The molecule has 1 aromatic rings. The Kier molecular flexibility index (Phi) is 26.3. The van der Waals surface area contributed by atoms with Crippen molar-refractivity contribution in [1.82, 2.24) is 0 Å². The van der Waals surface area contributed by atoms with Crippen LogP contribution in [0.3, 0.4) is 0 Å². The van der Waals surface area contributed by atoms with Gasteiger partial charge in [-0.2, -0.15) is 0 Å². The van der Waals surface area contributed by atoms with Crippen molar-refractivity contribution in [2.45, 2.75) is 316 Å². The number of ether oxygens (including phenoxy) is 1. The van der Waals surface area contributed by atoms with Crippen LogP contribution in [-0.4, -0.2) is 105 Å². The molecule has 2 saturated carbocycles. The van der Waals surface area contributed by atoms with Crippen LogP contribution in [0, 0.1) is 0 Å². The molecule has 1 aromatic carbocycles. The van der Waals surface area contributed by atoms with E-state index in [1.807, 2.05) is 13.8 Å². The molecule has 8 nitrogen and oxygen atoms in total. The van der Waals surface area contributed by atoms with Crippen molar-refractivity contribution < 1.29 is 36.4 Å². The van der Waals surface area contributed by atoms with Gasteiger partial charge in [0.05, 0.1) is 56.4 Å². The zero-order valence-corrected chi connectivity index (χ0v) is 61.3. The molecule has 2 aliphatic rings. The van der Waals surface area contributed by atoms with E-state index < -0.39 is 56.0 Å². The first kappa shape index (κ1) is 72.7. The van der Waals surface area contributed by atoms with Crippen LogP contribution < -0.4 is 0 Å². The smallest absolute Gasteiger partial charge is 0.192 e. The summed E-state index contributed by atoms with van der Waals surface area (Å²) < 4.78 is 48.0. The fourth-order valence-electron chi connectivity index (χ4n) is 7.29. The van der Waals surface area contributed by atoms with Crippen LogP contribution in [0.15, 0.2) is 53.6 Å². The Morgan fingerprint density at radius 2 is 0.667 bits per heavy atom. The van der Waals surface area contributed by atoms with Crippen molar-refractivity contribution in [2.24, 2.45) is 0 Å². The van der Waals surface area contributed by atoms with Crippen LogP contribution in [0.5, 0.6) is 0 Å². The highest BCUT2D eigenvalue weighted by Gasteiger charge is 2.49. The zero-order valence-electron chi connectivity index (χ0n) is 55.3. The highest BCUT2D eigenvalue weighted by Crippen LogP contribution is 2.47. The van der Waals surface area contributed by atoms with Crippen molar-refractivity contribution in [2.75, 3.05) is 13.2 Å². The zero-order chi connectivity index (χ0) is 59.0. The van der Waals surface area contributed by atoms with Crippen LogP contribution in [0.25, 0.3) is 0 Å². The second-order valence-electron chi connectivity index (χ2n) is 31.0. The maximum absolute atomic E-state index is 10.8. The first-order valence-corrected chi connectivity index (χ1v) is 46.6. The highest BCUT2D eigenvalue weighted by atomic mass is 28.4. The molecule has 6 atom stereocenters. The molecule has 2 fully saturated rings. The molecule has 14 heteroatoms. The van der Waals surface area contributed by atoms with Crippen molar-refractivity contribution in [3.63, 3.8) is 0 Å². The topological polar surface area (TPSA) is 84.8 Å². The minimum atomic E-state index is -2.05. The number of rotatable bonds is 17. The molecule has 0 saturated heterocycles. The van der Waals surface area contributed by atoms with E-state index in [4.69, 9.17) is 31.3 Å². The molecular weight excluding hydrogens is 1030 g/mol. The van der Waals surface area contributed by atoms with Crippen LogP contribution in [0.1, 0.15) is 170 Å². The standard InChI is InChI=1S/C33H62O4Si3.C26H56O4Si3.C2H6/c1-31(2,3)38(10,11)35-22-21-28-29(36-39(12,13)32(4,5)6)23-27(34-25-26-19-17-16-18-20-26)24-30(28)37-40(14,15)33(7,8)9;1-24(2,3)31(10,11)28-17-16-21-22(29-32(12,13)25(4,5)6)18-20(27)19-23(21)30-33(14,15)26(7,8)9;1-2/h16-21,27,29-30H,22-25H2,1-15H3;16,20,22-23,27H,17-19H2,1-15H3;1-2H3/t27?,29-,30?;20?,22-,23?;/m11./s1. The summed E-state index contributed by atoms with van der Waals surface area (Å²) in [7, 11) is -11.9. The Morgan fingerprint density at radius 3 is 0.920 bits per heavy atom. The van der Waals surface area contributed by atoms with E-state index in [0.717, 1.165) is 12.8 Å². The first-order valence-electron chi connectivity index (χ1n) is 29.1. The summed E-state index contributed by atoms with van der Waals surface area (Å²) in [6, 6.07) is 10.5. The summed E-state index contributed by atoms with van der Waals surface area (Å²) in [4.78, 5) is 0. The van der Waals surface area contributed by atoms with E-state index in [1.54, 1.807) is 0 Å². The third-order valence-corrected chi connectivity index (χ3v) is 45.8. The second-order valence-corrected chi connectivity index (χ2v) is 59.7. The van der Waals surface area contributed by atoms with E-state index in [9.17, 15) is 5.11 Å². The maximum atomic E-state index is 10.8. The van der Waals surface area contributed by atoms with E-state index in [1.165, 1.54) is 16.7 Å². The van der Waals surface area contributed by atoms with Gasteiger partial charge in [0.25, 0.3) is 0 Å². The lowest BCUT2D eigenvalue weighted by Crippen LogP contribution is -2.52. The lowest BCUT2D eigenvalue weighted by molar-refractivity contribution is -0.0327. The summed E-state index contributed by atoms with van der Waals surface area (Å²) in [6.45, 7) is 74.9. The van der Waals surface area contributed by atoms with Gasteiger partial charge in [0.1, 0.15) is 0 Å². The minimum absolute atomic E-state index is 0.0341. The third-order valence-electron chi connectivity index (χ3n) is 18.9. The van der Waals surface area contributed by atoms with Crippen LogP contribution in [-0.2, 0) is 37.9 Å². The van der Waals surface area contributed by atoms with E-state index in [0.29, 0.717) is 32.7 Å². The van der Waals surface area contributed by atoms with Crippen LogP contribution in [0.4, 0.5) is 0 Å². The molecule has 1 N–H and O–H groups in total. The van der Waals surface area contributed by atoms with Gasteiger partial charge in [-0.1, -0.05) is 181 Å². The van der Waals surface area contributed by atoms with Crippen molar-refractivity contribution in [3.8, 4) is 0 Å². The number of aliphatic hydroxyl groups is 1. The second kappa shape index (κ2) is 27.2. The first-order chi connectivity index (χ1) is 33.4. The van der Waals surface area contributed by atoms with Crippen molar-refractivity contribution >= 4 is 49.9 Å². The number of hydrogen-bond acceptors (Lipinski definition) is 8. The monoisotopic (exact) mass is 1150 g/mol. The Balaban J connectivity index is 0.000000739. The molecule has 4 unspecified atom stereocenters. The van der Waals surface area contributed by atoms with Crippen molar-refractivity contribution in [1.29, 1.82) is 0 Å². The fourth-order valence-corrected chi connectivity index (χ4v) is 14.3. The van der Waals surface area contributed by atoms with Gasteiger partial charge in [0.15, 0.2) is 49.9 Å². The molecule has 0 spiro atoms. The molecule has 3 rings (SSSR count). The maximum Gasteiger partial charge on any atom is 0.192 e. The molecular formula is C61H124O8Si6. The largest absolute Gasteiger partial charge is 0.413 e. The highest BCUT2D eigenvalue weighted by molar-refractivity contribution is 6.76. The molecule has 0 bridgehead atoms. The average molecular weight is 1150 g/mol. The molecule has 2 aliphatic carbocycles. The summed E-state index contributed by atoms with van der Waals surface area (Å²) in [5, 5.41) is 11.6. The number of benzene rings is 1. The van der Waals surface area contributed by atoms with Crippen molar-refractivity contribution in [3.05, 3.63) is 59.2 Å². The molecule has 0 aromatic heterocycles. The Hall–Kier alpha value is -0.319. The van der Waals surface area contributed by atoms with Gasteiger partial charge in [0, 0.05) is 25.7 Å². The SMILES string of the molecule is CC.CC(C)(C)[Si](C)(C)OCC=C1C(O[Si](C)(C)C(C)(C)C)CC(O)C[C@H]1O[Si](C)(C)C(C)(C)C.CC(C)(C)[Si](C)(C)OCC=C1C(O[Si](C)(C)C(C)(C)C)CC(OCc2ccccc2)C[C@H]1O[Si](C)(C)C(C)(C)C. The molecule has 440 valence electrons. The molecule has 75 heavy (non-hydrogen) atoms. The summed E-state index contributed by atoms with van der Waals surface area (Å²) in [5.41, 5.74) is 3.66. The van der Waals surface area contributed by atoms with Gasteiger partial charge in [-0.05, 0) is 126 Å². The Bertz CT molecular complexity index is 1840. The number of aliphatic hydroxyl groups excluding tert-OH is 1. The molecule has 0 amide bonds. The molecule has 0 aliphatic heterocycles. The lowest BCUT2D eigenvalue weighted by Gasteiger charge is -2.47. The normalized spacial score (nSPS) is 23.6. The summed E-state index contributed by atoms with van der Waals surface area (Å²) in [6.07, 6.45) is 6.89. The predicted molar refractivity (Wildman–Crippen MR) is 342 cm³/mol. The van der Waals surface area contributed by atoms with Gasteiger partial charge in [-0.15, -0.1) is 0 Å². The van der Waals surface area contributed by atoms with E-state index in [2.05, 4.69) is 246 Å². The van der Waals surface area contributed by atoms with Gasteiger partial charge >= 0.3 is 0 Å². The molecule has 0 radical (unpaired) electrons. The van der Waals surface area contributed by atoms with Gasteiger partial charge in [-0.25, -0.2) is 0 Å². The molecule has 0 heterocycles. The van der Waals surface area contributed by atoms with E-state index >= 15 is 0 Å². The fraction of sp³-hybridized carbons (Fsp3) is 0.836. The van der Waals surface area contributed by atoms with E-state index in [-0.39, 0.29) is 60.7 Å². The van der Waals surface area contributed by atoms with Crippen LogP contribution >= 0.6 is 0 Å². The minimum Gasteiger partial charge on any atom is -0.413 e. The lowest BCUT2D eigenvalue weighted by atomic mass is 9.87. The number of hydrogen-bond donors (Lipinski definition) is 1. The van der Waals surface area contributed by atoms with Gasteiger partial charge < -0.3 is 36.4 Å². The quantitative estimate of drug-likeness (QED) is 0.122. The average Bonchev–Trinajstić information content (AvgIpc) is 3.20. The summed E-state index contributed by atoms with van der Waals surface area (Å²) >= 11 is 0. The third kappa shape index (κ3) is 21.5. The van der Waals surface area contributed by atoms with Gasteiger partial charge in [-0.3, -0.25) is 0 Å². The Labute approximate surface area is 472 Å². The predicted octanol–water partition coefficient (Wildman–Crippen LogP) is 19.0. The summed E-state index contributed by atoms with van der Waals surface area (Å²) in [5.74, 6) is 0. The van der Waals surface area contributed by atoms with Crippen LogP contribution in [0.2, 0.25) is 109 Å². The van der Waals surface area contributed by atoms with Gasteiger partial charge in [0.2, 0.25) is 0 Å². The Morgan fingerprint density at radius 1 is 0.413 bits per heavy atom.